The Bertz CT molecular complexity index is 526. The lowest BCUT2D eigenvalue weighted by molar-refractivity contribution is -0.134. The molecule has 142 valence electrons. The van der Waals surface area contributed by atoms with Gasteiger partial charge in [0.15, 0.2) is 0 Å². The van der Waals surface area contributed by atoms with Crippen LogP contribution in [-0.2, 0) is 9.59 Å². The molecule has 4 atom stereocenters. The Kier molecular flexibility index (Phi) is 5.60. The number of nitrogens with zero attached hydrogens (tertiary/aromatic N) is 3. The maximum atomic E-state index is 12.8. The molecular formula is C16H29N5O3S. The third-order valence-electron chi connectivity index (χ3n) is 5.42. The van der Waals surface area contributed by atoms with E-state index >= 15 is 0 Å². The fraction of sp³-hybridized carbons (Fsp3) is 0.875. The Morgan fingerprint density at radius 3 is 2.56 bits per heavy atom. The van der Waals surface area contributed by atoms with Crippen molar-refractivity contribution in [1.29, 1.82) is 0 Å². The summed E-state index contributed by atoms with van der Waals surface area (Å²) in [4.78, 5) is 30.7. The average Bonchev–Trinajstić information content (AvgIpc) is 3.21. The summed E-state index contributed by atoms with van der Waals surface area (Å²) >= 11 is 1.73. The third kappa shape index (κ3) is 3.95. The normalized spacial score (nSPS) is 33.0. The van der Waals surface area contributed by atoms with E-state index in [9.17, 15) is 14.7 Å². The highest BCUT2D eigenvalue weighted by atomic mass is 32.2. The number of amides is 2. The second-order valence-corrected chi connectivity index (χ2v) is 8.81. The minimum Gasteiger partial charge on any atom is -0.391 e. The highest BCUT2D eigenvalue weighted by molar-refractivity contribution is 8.01. The summed E-state index contributed by atoms with van der Waals surface area (Å²) in [6, 6.07) is -1.07. The Labute approximate surface area is 153 Å². The standard InChI is InChI=1S/C16H29N5O3S/c1-11(22)13(17)15(24)21-4-3-16(10-21)18-12(9-25-16)14(23)20-7-5-19(2)6-8-20/h11-13,18,22H,3-10,17H2,1-2H3/t11-,12+,13+,16?/m1/s1. The quantitative estimate of drug-likeness (QED) is 0.533. The lowest BCUT2D eigenvalue weighted by Crippen LogP contribution is -2.56. The Hall–Kier alpha value is -0.870. The number of nitrogens with one attached hydrogen (secondary N) is 1. The number of aliphatic hydroxyl groups excluding tert-OH is 1. The van der Waals surface area contributed by atoms with Crippen LogP contribution in [-0.4, -0.2) is 107 Å². The molecule has 0 aliphatic carbocycles. The molecule has 25 heavy (non-hydrogen) atoms. The van der Waals surface area contributed by atoms with Crippen molar-refractivity contribution in [3.8, 4) is 0 Å². The molecule has 0 radical (unpaired) electrons. The predicted molar refractivity (Wildman–Crippen MR) is 97.0 cm³/mol. The lowest BCUT2D eigenvalue weighted by atomic mass is 10.1. The van der Waals surface area contributed by atoms with Gasteiger partial charge >= 0.3 is 0 Å². The van der Waals surface area contributed by atoms with Crippen LogP contribution in [0.1, 0.15) is 13.3 Å². The molecule has 3 aliphatic rings. The van der Waals surface area contributed by atoms with E-state index < -0.39 is 12.1 Å². The van der Waals surface area contributed by atoms with Crippen molar-refractivity contribution in [2.45, 2.75) is 36.4 Å². The molecule has 0 bridgehead atoms. The Morgan fingerprint density at radius 2 is 1.92 bits per heavy atom. The second-order valence-electron chi connectivity index (χ2n) is 7.41. The number of hydrogen-bond acceptors (Lipinski definition) is 7. The summed E-state index contributed by atoms with van der Waals surface area (Å²) in [7, 11) is 2.07. The first-order chi connectivity index (χ1) is 11.8. The lowest BCUT2D eigenvalue weighted by Gasteiger charge is -2.34. The van der Waals surface area contributed by atoms with Gasteiger partial charge < -0.3 is 25.5 Å². The third-order valence-corrected chi connectivity index (χ3v) is 6.93. The van der Waals surface area contributed by atoms with Gasteiger partial charge in [-0.2, -0.15) is 0 Å². The van der Waals surface area contributed by atoms with E-state index in [1.165, 1.54) is 6.92 Å². The fourth-order valence-electron chi connectivity index (χ4n) is 3.65. The van der Waals surface area contributed by atoms with Crippen LogP contribution in [0.25, 0.3) is 0 Å². The SMILES string of the molecule is C[C@@H](O)[C@H](N)C(=O)N1CCC2(C1)N[C@H](C(=O)N1CCN(C)CC1)CS2. The van der Waals surface area contributed by atoms with Crippen LogP contribution in [0.3, 0.4) is 0 Å². The fourth-order valence-corrected chi connectivity index (χ4v) is 5.07. The number of rotatable bonds is 3. The van der Waals surface area contributed by atoms with Gasteiger partial charge in [-0.3, -0.25) is 14.9 Å². The maximum Gasteiger partial charge on any atom is 0.242 e. The van der Waals surface area contributed by atoms with E-state index in [1.807, 2.05) is 4.90 Å². The van der Waals surface area contributed by atoms with Crippen molar-refractivity contribution < 1.29 is 14.7 Å². The van der Waals surface area contributed by atoms with E-state index in [4.69, 9.17) is 5.73 Å². The molecule has 3 aliphatic heterocycles. The van der Waals surface area contributed by atoms with Crippen molar-refractivity contribution in [3.63, 3.8) is 0 Å². The van der Waals surface area contributed by atoms with Crippen molar-refractivity contribution >= 4 is 23.6 Å². The molecule has 0 aromatic heterocycles. The van der Waals surface area contributed by atoms with E-state index in [2.05, 4.69) is 17.3 Å². The zero-order valence-electron chi connectivity index (χ0n) is 15.0. The molecule has 3 fully saturated rings. The molecule has 3 heterocycles. The van der Waals surface area contributed by atoms with Gasteiger partial charge in [0.05, 0.1) is 17.0 Å². The van der Waals surface area contributed by atoms with Crippen LogP contribution in [0.15, 0.2) is 0 Å². The number of thioether (sulfide) groups is 1. The van der Waals surface area contributed by atoms with Crippen LogP contribution in [0.2, 0.25) is 0 Å². The second kappa shape index (κ2) is 7.40. The van der Waals surface area contributed by atoms with Crippen LogP contribution in [0.5, 0.6) is 0 Å². The Balaban J connectivity index is 1.56. The van der Waals surface area contributed by atoms with Crippen molar-refractivity contribution in [3.05, 3.63) is 0 Å². The van der Waals surface area contributed by atoms with Crippen molar-refractivity contribution in [2.75, 3.05) is 52.1 Å². The smallest absolute Gasteiger partial charge is 0.242 e. The monoisotopic (exact) mass is 371 g/mol. The van der Waals surface area contributed by atoms with Crippen LogP contribution < -0.4 is 11.1 Å². The minimum absolute atomic E-state index is 0.169. The Morgan fingerprint density at radius 1 is 1.24 bits per heavy atom. The number of nitrogens with two attached hydrogens (primary N) is 1. The van der Waals surface area contributed by atoms with Gasteiger partial charge in [-0.1, -0.05) is 0 Å². The molecule has 9 heteroatoms. The first-order valence-electron chi connectivity index (χ1n) is 8.93. The van der Waals surface area contributed by atoms with E-state index in [1.54, 1.807) is 16.7 Å². The number of piperazine rings is 1. The summed E-state index contributed by atoms with van der Waals surface area (Å²) < 4.78 is 0. The summed E-state index contributed by atoms with van der Waals surface area (Å²) in [5, 5.41) is 13.0. The number of carbonyl (C=O) groups excluding carboxylic acids is 2. The highest BCUT2D eigenvalue weighted by Gasteiger charge is 2.48. The largest absolute Gasteiger partial charge is 0.391 e. The molecule has 0 aromatic carbocycles. The molecule has 4 N–H and O–H groups in total. The van der Waals surface area contributed by atoms with Gasteiger partial charge in [-0.05, 0) is 20.4 Å². The molecule has 0 saturated carbocycles. The summed E-state index contributed by atoms with van der Waals surface area (Å²) in [5.41, 5.74) is 5.78. The zero-order valence-corrected chi connectivity index (χ0v) is 15.8. The molecule has 1 spiro atoms. The molecule has 2 amide bonds. The summed E-state index contributed by atoms with van der Waals surface area (Å²) in [6.07, 6.45) is -0.0672. The van der Waals surface area contributed by atoms with Crippen molar-refractivity contribution in [2.24, 2.45) is 5.73 Å². The summed E-state index contributed by atoms with van der Waals surface area (Å²) in [6.45, 7) is 6.05. The average molecular weight is 372 g/mol. The number of carbonyl (C=O) groups is 2. The van der Waals surface area contributed by atoms with Gasteiger partial charge in [0.2, 0.25) is 11.8 Å². The molecule has 3 rings (SSSR count). The molecule has 0 aromatic rings. The number of aliphatic hydroxyl groups is 1. The first kappa shape index (κ1) is 18.9. The molecule has 1 unspecified atom stereocenters. The molecular weight excluding hydrogens is 342 g/mol. The predicted octanol–water partition coefficient (Wildman–Crippen LogP) is -1.90. The molecule has 3 saturated heterocycles. The molecule has 8 nitrogen and oxygen atoms in total. The van der Waals surface area contributed by atoms with Gasteiger partial charge in [0.25, 0.3) is 0 Å². The van der Waals surface area contributed by atoms with Gasteiger partial charge in [-0.25, -0.2) is 0 Å². The van der Waals surface area contributed by atoms with Gasteiger partial charge in [0.1, 0.15) is 6.04 Å². The number of likely N-dealkylation sites (tertiary alicyclic amines) is 1. The van der Waals surface area contributed by atoms with Crippen LogP contribution in [0, 0.1) is 0 Å². The van der Waals surface area contributed by atoms with E-state index in [0.717, 1.165) is 38.4 Å². The van der Waals surface area contributed by atoms with Crippen LogP contribution in [0.4, 0.5) is 0 Å². The van der Waals surface area contributed by atoms with E-state index in [-0.39, 0.29) is 22.7 Å². The number of hydrogen-bond donors (Lipinski definition) is 3. The zero-order chi connectivity index (χ0) is 18.2. The number of likely N-dealkylation sites (N-methyl/N-ethyl adjacent to an activating group) is 1. The highest BCUT2D eigenvalue weighted by Crippen LogP contribution is 2.39. The van der Waals surface area contributed by atoms with Crippen molar-refractivity contribution in [1.82, 2.24) is 20.0 Å². The van der Waals surface area contributed by atoms with Crippen LogP contribution >= 0.6 is 11.8 Å². The van der Waals surface area contributed by atoms with E-state index in [0.29, 0.717) is 13.1 Å². The maximum absolute atomic E-state index is 12.8. The van der Waals surface area contributed by atoms with Gasteiger partial charge in [-0.15, -0.1) is 11.8 Å². The minimum atomic E-state index is -0.885. The summed E-state index contributed by atoms with van der Waals surface area (Å²) in [5.74, 6) is 0.682. The van der Waals surface area contributed by atoms with Gasteiger partial charge in [0, 0.05) is 45.0 Å². The topological polar surface area (TPSA) is 102 Å². The first-order valence-corrected chi connectivity index (χ1v) is 9.91.